The number of sulfonamides is 1. The molecule has 0 bridgehead atoms. The van der Waals surface area contributed by atoms with Crippen molar-refractivity contribution in [3.05, 3.63) is 0 Å². The minimum atomic E-state index is -3.43. The van der Waals surface area contributed by atoms with Crippen LogP contribution in [0.15, 0.2) is 0 Å². The first-order valence-electron chi connectivity index (χ1n) is 12.1. The fraction of sp³-hybridized carbons (Fsp3) is 0.952. The van der Waals surface area contributed by atoms with E-state index in [1.807, 2.05) is 18.7 Å². The number of piperidine rings is 1. The van der Waals surface area contributed by atoms with Crippen LogP contribution in [0, 0.1) is 5.92 Å². The van der Waals surface area contributed by atoms with Crippen molar-refractivity contribution >= 4 is 16.1 Å². The van der Waals surface area contributed by atoms with E-state index in [2.05, 4.69) is 27.5 Å². The number of hydrazine groups is 1. The van der Waals surface area contributed by atoms with Crippen molar-refractivity contribution in [2.75, 3.05) is 26.7 Å². The molecule has 182 valence electrons. The highest BCUT2D eigenvalue weighted by Crippen LogP contribution is 2.41. The standard InChI is InChI=1S/C21H38N6O4S/c1-14-22-23-19(31-14)27-18-11-16(32(29,30)24-21(2)8-9-21)6-7-17(18)26(20(27)28)13-15-5-4-10-25(3)12-15/h14-19,22-24H,4-13H2,1-3H3. The maximum Gasteiger partial charge on any atom is 0.323 e. The Morgan fingerprint density at radius 2 is 1.97 bits per heavy atom. The van der Waals surface area contributed by atoms with Gasteiger partial charge in [0.15, 0.2) is 0 Å². The molecule has 0 aromatic carbocycles. The van der Waals surface area contributed by atoms with Crippen molar-refractivity contribution in [1.29, 1.82) is 0 Å². The van der Waals surface area contributed by atoms with Crippen LogP contribution in [-0.4, -0.2) is 91.3 Å². The zero-order chi connectivity index (χ0) is 22.7. The third kappa shape index (κ3) is 4.39. The fourth-order valence-corrected chi connectivity index (χ4v) is 7.91. The van der Waals surface area contributed by atoms with Gasteiger partial charge in [0, 0.05) is 18.6 Å². The second kappa shape index (κ2) is 8.35. The fourth-order valence-electron chi connectivity index (χ4n) is 5.96. The van der Waals surface area contributed by atoms with Crippen LogP contribution in [0.1, 0.15) is 58.8 Å². The lowest BCUT2D eigenvalue weighted by atomic mass is 9.89. The van der Waals surface area contributed by atoms with Crippen LogP contribution in [0.5, 0.6) is 0 Å². The van der Waals surface area contributed by atoms with E-state index in [0.717, 1.165) is 45.3 Å². The Balaban J connectivity index is 1.35. The number of hydrogen-bond donors (Lipinski definition) is 3. The number of hydrogen-bond acceptors (Lipinski definition) is 7. The maximum atomic E-state index is 13.6. The molecule has 2 saturated carbocycles. The molecule has 0 aromatic heterocycles. The third-order valence-corrected chi connectivity index (χ3v) is 10.0. The molecule has 3 saturated heterocycles. The molecule has 0 aromatic rings. The van der Waals surface area contributed by atoms with Crippen molar-refractivity contribution in [2.45, 2.75) is 94.2 Å². The summed E-state index contributed by atoms with van der Waals surface area (Å²) in [5.74, 6) is 0.450. The summed E-state index contributed by atoms with van der Waals surface area (Å²) in [4.78, 5) is 19.8. The topological polar surface area (TPSA) is 106 Å². The van der Waals surface area contributed by atoms with Crippen molar-refractivity contribution in [3.8, 4) is 0 Å². The number of nitrogens with zero attached hydrogens (tertiary/aromatic N) is 3. The van der Waals surface area contributed by atoms with Gasteiger partial charge in [-0.1, -0.05) is 0 Å². The van der Waals surface area contributed by atoms with E-state index in [0.29, 0.717) is 25.2 Å². The van der Waals surface area contributed by atoms with E-state index >= 15 is 0 Å². The van der Waals surface area contributed by atoms with Crippen molar-refractivity contribution in [3.63, 3.8) is 0 Å². The first kappa shape index (κ1) is 22.8. The molecule has 0 radical (unpaired) electrons. The Morgan fingerprint density at radius 3 is 2.62 bits per heavy atom. The summed E-state index contributed by atoms with van der Waals surface area (Å²) in [7, 11) is -1.30. The molecular formula is C21H38N6O4S. The smallest absolute Gasteiger partial charge is 0.323 e. The van der Waals surface area contributed by atoms with E-state index in [1.54, 1.807) is 4.90 Å². The zero-order valence-corrected chi connectivity index (χ0v) is 20.2. The number of amides is 2. The molecule has 3 aliphatic heterocycles. The number of rotatable bonds is 6. The van der Waals surface area contributed by atoms with Crippen LogP contribution < -0.4 is 15.6 Å². The molecular weight excluding hydrogens is 432 g/mol. The minimum Gasteiger partial charge on any atom is -0.324 e. The summed E-state index contributed by atoms with van der Waals surface area (Å²) in [5.41, 5.74) is 5.82. The van der Waals surface area contributed by atoms with Gasteiger partial charge in [-0.25, -0.2) is 28.8 Å². The number of carbonyl (C=O) groups is 1. The number of carbonyl (C=O) groups excluding carboxylic acids is 1. The van der Waals surface area contributed by atoms with Crippen LogP contribution in [0.4, 0.5) is 4.79 Å². The summed E-state index contributed by atoms with van der Waals surface area (Å²) >= 11 is 0. The van der Waals surface area contributed by atoms with Gasteiger partial charge in [-0.2, -0.15) is 0 Å². The summed E-state index contributed by atoms with van der Waals surface area (Å²) < 4.78 is 35.1. The van der Waals surface area contributed by atoms with E-state index < -0.39 is 21.6 Å². The summed E-state index contributed by atoms with van der Waals surface area (Å²) in [6, 6.07) is -0.198. The molecule has 6 unspecified atom stereocenters. The molecule has 3 N–H and O–H groups in total. The molecule has 3 heterocycles. The average molecular weight is 471 g/mol. The highest BCUT2D eigenvalue weighted by atomic mass is 32.2. The normalized spacial score (nSPS) is 40.0. The lowest BCUT2D eigenvalue weighted by Crippen LogP contribution is -2.54. The number of ether oxygens (including phenoxy) is 1. The Morgan fingerprint density at radius 1 is 1.19 bits per heavy atom. The van der Waals surface area contributed by atoms with Crippen molar-refractivity contribution < 1.29 is 17.9 Å². The predicted molar refractivity (Wildman–Crippen MR) is 120 cm³/mol. The number of urea groups is 1. The largest absolute Gasteiger partial charge is 0.324 e. The number of fused-ring (bicyclic) bond motifs is 1. The first-order valence-corrected chi connectivity index (χ1v) is 13.7. The van der Waals surface area contributed by atoms with E-state index in [1.165, 1.54) is 0 Å². The maximum absolute atomic E-state index is 13.6. The average Bonchev–Trinajstić information content (AvgIpc) is 3.17. The number of nitrogens with one attached hydrogen (secondary N) is 3. The zero-order valence-electron chi connectivity index (χ0n) is 19.4. The van der Waals surface area contributed by atoms with Crippen LogP contribution in [0.2, 0.25) is 0 Å². The van der Waals surface area contributed by atoms with E-state index in [9.17, 15) is 13.2 Å². The first-order chi connectivity index (χ1) is 15.2. The van der Waals surface area contributed by atoms with Gasteiger partial charge in [-0.05, 0) is 78.3 Å². The van der Waals surface area contributed by atoms with E-state index in [-0.39, 0.29) is 29.9 Å². The highest BCUT2D eigenvalue weighted by Gasteiger charge is 2.55. The van der Waals surface area contributed by atoms with Gasteiger partial charge >= 0.3 is 6.03 Å². The molecule has 0 spiro atoms. The molecule has 2 amide bonds. The Hall–Kier alpha value is -0.980. The van der Waals surface area contributed by atoms with E-state index in [4.69, 9.17) is 4.74 Å². The third-order valence-electron chi connectivity index (χ3n) is 7.96. The quantitative estimate of drug-likeness (QED) is 0.521. The second-order valence-corrected chi connectivity index (χ2v) is 12.8. The SMILES string of the molecule is CC1NNC(N2C(=O)N(CC3CCCN(C)C3)C3CCC(S(=O)(=O)NC4(C)CC4)CC32)O1. The van der Waals surface area contributed by atoms with Gasteiger partial charge in [0.2, 0.25) is 16.4 Å². The molecule has 5 rings (SSSR count). The molecule has 32 heavy (non-hydrogen) atoms. The Bertz CT molecular complexity index is 836. The van der Waals surface area contributed by atoms with Crippen LogP contribution in [0.3, 0.4) is 0 Å². The van der Waals surface area contributed by atoms with Gasteiger partial charge in [0.1, 0.15) is 6.23 Å². The Kier molecular flexibility index (Phi) is 5.95. The van der Waals surface area contributed by atoms with Gasteiger partial charge in [0.25, 0.3) is 0 Å². The van der Waals surface area contributed by atoms with Crippen LogP contribution in [0.25, 0.3) is 0 Å². The van der Waals surface area contributed by atoms with Crippen LogP contribution in [-0.2, 0) is 14.8 Å². The van der Waals surface area contributed by atoms with Gasteiger partial charge in [0.05, 0.1) is 17.3 Å². The summed E-state index contributed by atoms with van der Waals surface area (Å²) in [5, 5.41) is -0.482. The molecule has 2 aliphatic carbocycles. The summed E-state index contributed by atoms with van der Waals surface area (Å²) in [6.45, 7) is 6.68. The van der Waals surface area contributed by atoms with Crippen LogP contribution >= 0.6 is 0 Å². The van der Waals surface area contributed by atoms with Crippen molar-refractivity contribution in [2.24, 2.45) is 5.92 Å². The molecule has 10 nitrogen and oxygen atoms in total. The Labute approximate surface area is 191 Å². The molecule has 11 heteroatoms. The lowest BCUT2D eigenvalue weighted by Gasteiger charge is -2.38. The highest BCUT2D eigenvalue weighted by molar-refractivity contribution is 7.90. The summed E-state index contributed by atoms with van der Waals surface area (Å²) in [6.07, 6.45) is 4.99. The lowest BCUT2D eigenvalue weighted by molar-refractivity contribution is -0.0488. The minimum absolute atomic E-state index is 0.0269. The molecule has 5 fully saturated rings. The molecule has 6 atom stereocenters. The monoisotopic (exact) mass is 470 g/mol. The predicted octanol–water partition coefficient (Wildman–Crippen LogP) is 0.581. The van der Waals surface area contributed by atoms with Gasteiger partial charge < -0.3 is 14.5 Å². The van der Waals surface area contributed by atoms with Crippen molar-refractivity contribution in [1.82, 2.24) is 30.3 Å². The second-order valence-electron chi connectivity index (χ2n) is 10.8. The van der Waals surface area contributed by atoms with Gasteiger partial charge in [-0.15, -0.1) is 0 Å². The number of likely N-dealkylation sites (tertiary alicyclic amines) is 1. The molecule has 5 aliphatic rings. The van der Waals surface area contributed by atoms with Gasteiger partial charge in [-0.3, -0.25) is 4.90 Å².